The van der Waals surface area contributed by atoms with Crippen molar-refractivity contribution in [1.29, 1.82) is 0 Å². The van der Waals surface area contributed by atoms with Crippen molar-refractivity contribution < 1.29 is 9.72 Å². The molecule has 5 heteroatoms. The molecule has 0 aliphatic carbocycles. The normalized spacial score (nSPS) is 12.2. The summed E-state index contributed by atoms with van der Waals surface area (Å²) in [7, 11) is 0. The summed E-state index contributed by atoms with van der Waals surface area (Å²) in [5.41, 5.74) is 4.47. The van der Waals surface area contributed by atoms with Gasteiger partial charge in [0.05, 0.1) is 10.6 Å². The quantitative estimate of drug-likeness (QED) is 0.337. The summed E-state index contributed by atoms with van der Waals surface area (Å²) in [4.78, 5) is 19.7. The van der Waals surface area contributed by atoms with Crippen molar-refractivity contribution in [2.45, 2.75) is 13.8 Å². The number of rotatable bonds is 2. The van der Waals surface area contributed by atoms with Gasteiger partial charge in [-0.2, -0.15) is 0 Å². The average molecular weight is 144 g/mol. The first-order valence-corrected chi connectivity index (χ1v) is 2.58. The second-order valence-corrected chi connectivity index (χ2v) is 1.84. The Morgan fingerprint density at radius 2 is 1.90 bits per heavy atom. The first kappa shape index (κ1) is 8.61. The number of ketones is 1. The molecule has 0 aromatic rings. The number of allylic oxidation sites excluding steroid dienone is 2. The van der Waals surface area contributed by atoms with E-state index in [1.54, 1.807) is 0 Å². The molecule has 2 N–H and O–H groups in total. The van der Waals surface area contributed by atoms with Gasteiger partial charge in [-0.25, -0.2) is 0 Å². The third-order valence-electron chi connectivity index (χ3n) is 0.890. The lowest BCUT2D eigenvalue weighted by Gasteiger charge is -1.93. The Labute approximate surface area is 57.7 Å². The van der Waals surface area contributed by atoms with Crippen molar-refractivity contribution >= 4 is 5.78 Å². The van der Waals surface area contributed by atoms with Crippen molar-refractivity contribution in [3.63, 3.8) is 0 Å². The largest absolute Gasteiger partial charge is 0.397 e. The van der Waals surface area contributed by atoms with Gasteiger partial charge in [0.2, 0.25) is 5.78 Å². The fourth-order valence-electron chi connectivity index (χ4n) is 0.550. The maximum absolute atomic E-state index is 10.4. The van der Waals surface area contributed by atoms with Gasteiger partial charge in [-0.15, -0.1) is 0 Å². The smallest absolute Gasteiger partial charge is 0.329 e. The zero-order valence-corrected chi connectivity index (χ0v) is 5.75. The molecular weight excluding hydrogens is 136 g/mol. The van der Waals surface area contributed by atoms with E-state index in [1.807, 2.05) is 0 Å². The maximum atomic E-state index is 10.4. The van der Waals surface area contributed by atoms with Gasteiger partial charge in [0.1, 0.15) is 0 Å². The minimum Gasteiger partial charge on any atom is -0.397 e. The van der Waals surface area contributed by atoms with Crippen molar-refractivity contribution in [1.82, 2.24) is 0 Å². The van der Waals surface area contributed by atoms with Crippen LogP contribution in [0, 0.1) is 10.1 Å². The Morgan fingerprint density at radius 3 is 1.90 bits per heavy atom. The summed E-state index contributed by atoms with van der Waals surface area (Å²) in [6.07, 6.45) is 0. The Bertz CT molecular complexity index is 187. The third kappa shape index (κ3) is 1.85. The van der Waals surface area contributed by atoms with Crippen LogP contribution in [0.25, 0.3) is 0 Å². The molecule has 0 saturated heterocycles. The van der Waals surface area contributed by atoms with Gasteiger partial charge >= 0.3 is 5.70 Å². The van der Waals surface area contributed by atoms with Crippen molar-refractivity contribution in [3.8, 4) is 0 Å². The summed E-state index contributed by atoms with van der Waals surface area (Å²) in [5.74, 6) is -0.620. The monoisotopic (exact) mass is 144 g/mol. The zero-order chi connectivity index (χ0) is 8.31. The highest BCUT2D eigenvalue weighted by Gasteiger charge is 2.18. The summed E-state index contributed by atoms with van der Waals surface area (Å²) in [6, 6.07) is 0. The van der Waals surface area contributed by atoms with Crippen LogP contribution in [0.4, 0.5) is 0 Å². The lowest BCUT2D eigenvalue weighted by atomic mass is 10.3. The molecule has 10 heavy (non-hydrogen) atoms. The number of nitrogens with zero attached hydrogens (tertiary/aromatic N) is 1. The van der Waals surface area contributed by atoms with E-state index >= 15 is 0 Å². The lowest BCUT2D eigenvalue weighted by molar-refractivity contribution is -0.419. The van der Waals surface area contributed by atoms with Crippen LogP contribution in [0.1, 0.15) is 13.8 Å². The molecule has 5 nitrogen and oxygen atoms in total. The van der Waals surface area contributed by atoms with Crippen LogP contribution >= 0.6 is 0 Å². The zero-order valence-electron chi connectivity index (χ0n) is 5.75. The minimum atomic E-state index is -0.780. The van der Waals surface area contributed by atoms with Crippen LogP contribution in [0.15, 0.2) is 11.4 Å². The van der Waals surface area contributed by atoms with Gasteiger partial charge < -0.3 is 5.73 Å². The number of carbonyl (C=O) groups excluding carboxylic acids is 1. The van der Waals surface area contributed by atoms with Gasteiger partial charge in [-0.1, -0.05) is 0 Å². The van der Waals surface area contributed by atoms with E-state index < -0.39 is 16.4 Å². The Balaban J connectivity index is 4.79. The number of hydrogen-bond donors (Lipinski definition) is 1. The molecule has 0 fully saturated rings. The fraction of sp³-hybridized carbons (Fsp3) is 0.400. The van der Waals surface area contributed by atoms with E-state index in [-0.39, 0.29) is 5.70 Å². The van der Waals surface area contributed by atoms with E-state index in [0.29, 0.717) is 0 Å². The van der Waals surface area contributed by atoms with Crippen LogP contribution in [0.5, 0.6) is 0 Å². The van der Waals surface area contributed by atoms with Gasteiger partial charge in [0, 0.05) is 6.92 Å². The molecule has 0 unspecified atom stereocenters. The fourth-order valence-corrected chi connectivity index (χ4v) is 0.550. The maximum Gasteiger partial charge on any atom is 0.329 e. The number of nitrogens with two attached hydrogens (primary N) is 1. The summed E-state index contributed by atoms with van der Waals surface area (Å²) in [6.45, 7) is 2.42. The molecule has 0 heterocycles. The van der Waals surface area contributed by atoms with Crippen LogP contribution < -0.4 is 5.73 Å². The van der Waals surface area contributed by atoms with Crippen LogP contribution in [0.3, 0.4) is 0 Å². The average Bonchev–Trinajstić information content (AvgIpc) is 1.59. The molecule has 0 aromatic heterocycles. The first-order valence-electron chi connectivity index (χ1n) is 2.58. The SMILES string of the molecule is CC(=O)C(=C(C)N)[N+](=O)[O-]. The highest BCUT2D eigenvalue weighted by Crippen LogP contribution is 1.99. The molecule has 0 spiro atoms. The van der Waals surface area contributed by atoms with E-state index in [9.17, 15) is 14.9 Å². The highest BCUT2D eigenvalue weighted by molar-refractivity contribution is 5.91. The van der Waals surface area contributed by atoms with Gasteiger partial charge in [0.25, 0.3) is 0 Å². The minimum absolute atomic E-state index is 0.0579. The van der Waals surface area contributed by atoms with E-state index in [1.165, 1.54) is 6.92 Å². The lowest BCUT2D eigenvalue weighted by Crippen LogP contribution is -2.13. The summed E-state index contributed by atoms with van der Waals surface area (Å²) in [5, 5.41) is 10.0. The second kappa shape index (κ2) is 2.95. The summed E-state index contributed by atoms with van der Waals surface area (Å²) >= 11 is 0. The topological polar surface area (TPSA) is 86.2 Å². The van der Waals surface area contributed by atoms with Crippen molar-refractivity contribution in [2.75, 3.05) is 0 Å². The van der Waals surface area contributed by atoms with Crippen LogP contribution in [0.2, 0.25) is 0 Å². The Kier molecular flexibility index (Phi) is 2.54. The molecule has 56 valence electrons. The predicted octanol–water partition coefficient (Wildman–Crippen LogP) is 0.0423. The molecule has 0 atom stereocenters. The van der Waals surface area contributed by atoms with Gasteiger partial charge in [-0.3, -0.25) is 14.9 Å². The number of nitro groups is 1. The molecule has 0 aliphatic rings. The van der Waals surface area contributed by atoms with Gasteiger partial charge in [-0.05, 0) is 6.92 Å². The number of carbonyl (C=O) groups is 1. The summed E-state index contributed by atoms with van der Waals surface area (Å²) < 4.78 is 0. The van der Waals surface area contributed by atoms with E-state index in [4.69, 9.17) is 5.73 Å². The number of hydrogen-bond acceptors (Lipinski definition) is 4. The number of Topliss-reactive ketones (excluding diaryl/α,β-unsaturated/α-hetero) is 1. The molecule has 0 saturated carbocycles. The van der Waals surface area contributed by atoms with Crippen molar-refractivity contribution in [2.24, 2.45) is 5.73 Å². The molecule has 0 aromatic carbocycles. The third-order valence-corrected chi connectivity index (χ3v) is 0.890. The van der Waals surface area contributed by atoms with E-state index in [2.05, 4.69) is 0 Å². The molecule has 0 rings (SSSR count). The Morgan fingerprint density at radius 1 is 1.50 bits per heavy atom. The second-order valence-electron chi connectivity index (χ2n) is 1.84. The van der Waals surface area contributed by atoms with Gasteiger partial charge in [0.15, 0.2) is 0 Å². The van der Waals surface area contributed by atoms with Crippen molar-refractivity contribution in [3.05, 3.63) is 21.5 Å². The van der Waals surface area contributed by atoms with Crippen LogP contribution in [-0.2, 0) is 4.79 Å². The molecule has 0 bridgehead atoms. The highest BCUT2D eigenvalue weighted by atomic mass is 16.6. The molecule has 0 aliphatic heterocycles. The first-order chi connectivity index (χ1) is 4.46. The molecule has 0 amide bonds. The molecular formula is C5H8N2O3. The Hall–Kier alpha value is -1.39. The van der Waals surface area contributed by atoms with Crippen LogP contribution in [-0.4, -0.2) is 10.7 Å². The standard InChI is InChI=1S/C5H8N2O3/c1-3(6)5(4(2)8)7(9)10/h6H2,1-2H3. The van der Waals surface area contributed by atoms with E-state index in [0.717, 1.165) is 6.92 Å². The molecule has 0 radical (unpaired) electrons. The predicted molar refractivity (Wildman–Crippen MR) is 34.6 cm³/mol.